The van der Waals surface area contributed by atoms with Gasteiger partial charge in [0.2, 0.25) is 0 Å². The molecule has 0 atom stereocenters. The molecule has 0 fully saturated rings. The number of fused-ring (bicyclic) bond motifs is 9. The van der Waals surface area contributed by atoms with Crippen molar-refractivity contribution in [2.24, 2.45) is 0 Å². The van der Waals surface area contributed by atoms with E-state index >= 15 is 0 Å². The second kappa shape index (κ2) is 5.08. The second-order valence-electron chi connectivity index (χ2n) is 7.75. The van der Waals surface area contributed by atoms with Crippen LogP contribution >= 0.6 is 11.3 Å². The summed E-state index contributed by atoms with van der Waals surface area (Å²) in [7, 11) is 0. The van der Waals surface area contributed by atoms with Gasteiger partial charge in [-0.3, -0.25) is 0 Å². The van der Waals surface area contributed by atoms with Gasteiger partial charge in [0.1, 0.15) is 4.83 Å². The number of hydrogen-bond donors (Lipinski definition) is 1. The lowest BCUT2D eigenvalue weighted by Crippen LogP contribution is -2.26. The molecule has 0 saturated carbocycles. The Labute approximate surface area is 161 Å². The number of pyridine rings is 1. The zero-order valence-electron chi connectivity index (χ0n) is 15.2. The lowest BCUT2D eigenvalue weighted by molar-refractivity contribution is 0.645. The number of nitrogens with zero attached hydrogens (tertiary/aromatic N) is 1. The Hall–Kier alpha value is -2.91. The first-order valence-electron chi connectivity index (χ1n) is 9.25. The minimum Gasteiger partial charge on any atom is -0.354 e. The Kier molecular flexibility index (Phi) is 2.86. The highest BCUT2D eigenvalue weighted by molar-refractivity contribution is 7.26. The van der Waals surface area contributed by atoms with Crippen LogP contribution in [0.1, 0.15) is 25.0 Å². The van der Waals surface area contributed by atoms with Crippen LogP contribution in [0.5, 0.6) is 0 Å². The van der Waals surface area contributed by atoms with Gasteiger partial charge in [-0.15, -0.1) is 11.3 Å². The summed E-state index contributed by atoms with van der Waals surface area (Å²) in [4.78, 5) is 5.75. The van der Waals surface area contributed by atoms with Crippen LogP contribution in [-0.2, 0) is 5.41 Å². The minimum absolute atomic E-state index is 0.0748. The van der Waals surface area contributed by atoms with Crippen molar-refractivity contribution in [2.45, 2.75) is 19.3 Å². The van der Waals surface area contributed by atoms with Crippen LogP contribution in [0.3, 0.4) is 0 Å². The van der Waals surface area contributed by atoms with E-state index in [0.717, 1.165) is 4.83 Å². The van der Waals surface area contributed by atoms with Gasteiger partial charge in [-0.1, -0.05) is 56.3 Å². The summed E-state index contributed by atoms with van der Waals surface area (Å²) in [5.41, 5.74) is 5.11. The van der Waals surface area contributed by atoms with Gasteiger partial charge in [0.05, 0.1) is 10.4 Å². The lowest BCUT2D eigenvalue weighted by atomic mass is 9.72. The third-order valence-corrected chi connectivity index (χ3v) is 7.03. The summed E-state index contributed by atoms with van der Waals surface area (Å²) in [6.45, 7) is 4.69. The third-order valence-electron chi connectivity index (χ3n) is 5.89. The van der Waals surface area contributed by atoms with Crippen molar-refractivity contribution in [1.29, 1.82) is 0 Å². The largest absolute Gasteiger partial charge is 0.354 e. The number of benzene rings is 3. The molecular weight excluding hydrogens is 348 g/mol. The fraction of sp³-hybridized carbons (Fsp3) is 0.125. The predicted octanol–water partition coefficient (Wildman–Crippen LogP) is 6.99. The molecule has 6 rings (SSSR count). The Morgan fingerprint density at radius 1 is 0.852 bits per heavy atom. The molecule has 0 spiro atoms. The zero-order chi connectivity index (χ0) is 18.2. The highest BCUT2D eigenvalue weighted by atomic mass is 32.1. The summed E-state index contributed by atoms with van der Waals surface area (Å²) < 4.78 is 1.31. The Bertz CT molecular complexity index is 1380. The van der Waals surface area contributed by atoms with Crippen molar-refractivity contribution in [3.63, 3.8) is 0 Å². The van der Waals surface area contributed by atoms with Crippen molar-refractivity contribution >= 4 is 53.8 Å². The molecule has 5 aromatic rings. The molecular formula is C24H18N2S. The molecule has 3 aromatic carbocycles. The minimum atomic E-state index is -0.0748. The molecule has 0 saturated heterocycles. The summed E-state index contributed by atoms with van der Waals surface area (Å²) in [5.74, 6) is 0. The summed E-state index contributed by atoms with van der Waals surface area (Å²) in [6, 6.07) is 21.7. The van der Waals surface area contributed by atoms with Crippen molar-refractivity contribution in [2.75, 3.05) is 5.32 Å². The molecule has 1 aliphatic rings. The van der Waals surface area contributed by atoms with Crippen LogP contribution < -0.4 is 5.32 Å². The number of hydrogen-bond acceptors (Lipinski definition) is 3. The topological polar surface area (TPSA) is 24.9 Å². The molecule has 2 nitrogen and oxygen atoms in total. The van der Waals surface area contributed by atoms with Gasteiger partial charge in [0.25, 0.3) is 0 Å². The van der Waals surface area contributed by atoms with Crippen molar-refractivity contribution in [3.8, 4) is 0 Å². The SMILES string of the molecule is CC1(C)c2ccccc2Nc2c1c1ccccc1c1c2sc2ncccc21. The number of rotatable bonds is 0. The van der Waals surface area contributed by atoms with E-state index in [1.165, 1.54) is 48.7 Å². The first-order chi connectivity index (χ1) is 13.2. The van der Waals surface area contributed by atoms with E-state index in [0.29, 0.717) is 0 Å². The molecule has 1 N–H and O–H groups in total. The molecule has 0 aliphatic carbocycles. The number of para-hydroxylation sites is 1. The van der Waals surface area contributed by atoms with Gasteiger partial charge in [-0.05, 0) is 40.1 Å². The summed E-state index contributed by atoms with van der Waals surface area (Å²) in [6.07, 6.45) is 1.89. The first-order valence-corrected chi connectivity index (χ1v) is 10.1. The van der Waals surface area contributed by atoms with Crippen LogP contribution in [0.15, 0.2) is 66.9 Å². The van der Waals surface area contributed by atoms with Gasteiger partial charge in [-0.2, -0.15) is 0 Å². The molecule has 3 heteroatoms. The van der Waals surface area contributed by atoms with E-state index in [2.05, 4.69) is 78.7 Å². The molecule has 0 amide bonds. The van der Waals surface area contributed by atoms with E-state index in [9.17, 15) is 0 Å². The highest BCUT2D eigenvalue weighted by Crippen LogP contribution is 2.53. The normalized spacial score (nSPS) is 14.9. The quantitative estimate of drug-likeness (QED) is 0.319. The Balaban J connectivity index is 1.89. The maximum Gasteiger partial charge on any atom is 0.124 e. The van der Waals surface area contributed by atoms with Crippen LogP contribution in [-0.4, -0.2) is 4.98 Å². The number of nitrogens with one attached hydrogen (secondary N) is 1. The fourth-order valence-corrected chi connectivity index (χ4v) is 5.88. The van der Waals surface area contributed by atoms with Crippen molar-refractivity contribution in [1.82, 2.24) is 4.98 Å². The molecule has 130 valence electrons. The smallest absolute Gasteiger partial charge is 0.124 e. The molecule has 0 unspecified atom stereocenters. The van der Waals surface area contributed by atoms with Gasteiger partial charge < -0.3 is 5.32 Å². The van der Waals surface area contributed by atoms with E-state index in [1.807, 2.05) is 12.3 Å². The van der Waals surface area contributed by atoms with E-state index in [4.69, 9.17) is 0 Å². The van der Waals surface area contributed by atoms with E-state index in [-0.39, 0.29) is 5.41 Å². The van der Waals surface area contributed by atoms with E-state index in [1.54, 1.807) is 11.3 Å². The molecule has 1 aliphatic heterocycles. The first kappa shape index (κ1) is 15.2. The van der Waals surface area contributed by atoms with Crippen LogP contribution in [0, 0.1) is 0 Å². The standard InChI is InChI=1S/C24H18N2S/c1-24(2)17-11-5-6-12-18(17)26-21-20(24)15-9-4-3-8-14(15)19-16-10-7-13-25-23(16)27-22(19)21/h3-13,26H,1-2H3. The zero-order valence-corrected chi connectivity index (χ0v) is 16.0. The van der Waals surface area contributed by atoms with E-state index < -0.39 is 0 Å². The average Bonchev–Trinajstić information content (AvgIpc) is 3.08. The molecule has 0 bridgehead atoms. The molecule has 2 aromatic heterocycles. The maximum absolute atomic E-state index is 4.65. The van der Waals surface area contributed by atoms with Gasteiger partial charge in [0, 0.05) is 28.1 Å². The maximum atomic E-state index is 4.65. The van der Waals surface area contributed by atoms with Gasteiger partial charge in [0.15, 0.2) is 0 Å². The second-order valence-corrected chi connectivity index (χ2v) is 8.75. The number of thiophene rings is 1. The molecule has 3 heterocycles. The molecule has 0 radical (unpaired) electrons. The highest BCUT2D eigenvalue weighted by Gasteiger charge is 2.36. The van der Waals surface area contributed by atoms with Gasteiger partial charge >= 0.3 is 0 Å². The van der Waals surface area contributed by atoms with Gasteiger partial charge in [-0.25, -0.2) is 4.98 Å². The van der Waals surface area contributed by atoms with Crippen molar-refractivity contribution in [3.05, 3.63) is 78.0 Å². The third kappa shape index (κ3) is 1.87. The van der Waals surface area contributed by atoms with Crippen LogP contribution in [0.25, 0.3) is 31.1 Å². The molecule has 27 heavy (non-hydrogen) atoms. The summed E-state index contributed by atoms with van der Waals surface area (Å²) >= 11 is 1.79. The number of aromatic nitrogens is 1. The Morgan fingerprint density at radius 2 is 1.59 bits per heavy atom. The summed E-state index contributed by atoms with van der Waals surface area (Å²) in [5, 5.41) is 8.99. The number of anilines is 2. The van der Waals surface area contributed by atoms with Crippen LogP contribution in [0.2, 0.25) is 0 Å². The van der Waals surface area contributed by atoms with Crippen LogP contribution in [0.4, 0.5) is 11.4 Å². The van der Waals surface area contributed by atoms with Crippen molar-refractivity contribution < 1.29 is 0 Å². The average molecular weight is 366 g/mol. The monoisotopic (exact) mass is 366 g/mol. The lowest BCUT2D eigenvalue weighted by Gasteiger charge is -2.37. The fourth-order valence-electron chi connectivity index (χ4n) is 4.72. The predicted molar refractivity (Wildman–Crippen MR) is 116 cm³/mol. The Morgan fingerprint density at radius 3 is 2.48 bits per heavy atom.